The highest BCUT2D eigenvalue weighted by Gasteiger charge is 2.22. The van der Waals surface area contributed by atoms with Crippen LogP contribution in [0.15, 0.2) is 23.2 Å². The van der Waals surface area contributed by atoms with Gasteiger partial charge in [0.05, 0.1) is 6.20 Å². The number of benzene rings is 1. The second-order valence-corrected chi connectivity index (χ2v) is 5.90. The van der Waals surface area contributed by atoms with E-state index in [4.69, 9.17) is 5.73 Å². The number of aromatic nitrogens is 2. The molecule has 2 aromatic rings. The first kappa shape index (κ1) is 14.4. The molecular formula is C11H12F2N4O2S. The number of hydrogen-bond donors (Lipinski definition) is 3. The third-order valence-corrected chi connectivity index (χ3v) is 4.09. The number of hydrogen-bond acceptors (Lipinski definition) is 4. The van der Waals surface area contributed by atoms with E-state index >= 15 is 0 Å². The monoisotopic (exact) mass is 302 g/mol. The van der Waals surface area contributed by atoms with Crippen LogP contribution in [0.25, 0.3) is 0 Å². The summed E-state index contributed by atoms with van der Waals surface area (Å²) < 4.78 is 52.8. The van der Waals surface area contributed by atoms with Gasteiger partial charge in [-0.1, -0.05) is 0 Å². The molecule has 9 heteroatoms. The summed E-state index contributed by atoms with van der Waals surface area (Å²) in [6.45, 7) is 1.61. The first-order valence-corrected chi connectivity index (χ1v) is 7.02. The van der Waals surface area contributed by atoms with E-state index in [1.807, 2.05) is 0 Å². The summed E-state index contributed by atoms with van der Waals surface area (Å²) in [6.07, 6.45) is 1.44. The zero-order valence-corrected chi connectivity index (χ0v) is 11.3. The minimum Gasteiger partial charge on any atom is -0.399 e. The first-order chi connectivity index (χ1) is 9.31. The van der Waals surface area contributed by atoms with E-state index in [1.165, 1.54) is 6.20 Å². The number of sulfonamides is 1. The lowest BCUT2D eigenvalue weighted by Gasteiger charge is -2.08. The summed E-state index contributed by atoms with van der Waals surface area (Å²) in [7, 11) is -4.22. The van der Waals surface area contributed by atoms with Gasteiger partial charge in [0.1, 0.15) is 4.90 Å². The lowest BCUT2D eigenvalue weighted by Crippen LogP contribution is -2.25. The Morgan fingerprint density at radius 3 is 2.70 bits per heavy atom. The second kappa shape index (κ2) is 5.17. The quantitative estimate of drug-likeness (QED) is 0.735. The molecule has 0 radical (unpaired) electrons. The smallest absolute Gasteiger partial charge is 0.243 e. The third-order valence-electron chi connectivity index (χ3n) is 2.69. The van der Waals surface area contributed by atoms with E-state index in [1.54, 1.807) is 6.92 Å². The van der Waals surface area contributed by atoms with Crippen LogP contribution in [-0.2, 0) is 16.6 Å². The molecule has 1 heterocycles. The van der Waals surface area contributed by atoms with Gasteiger partial charge in [0.15, 0.2) is 11.6 Å². The molecule has 0 saturated carbocycles. The van der Waals surface area contributed by atoms with Gasteiger partial charge in [-0.25, -0.2) is 21.9 Å². The largest absolute Gasteiger partial charge is 0.399 e. The first-order valence-electron chi connectivity index (χ1n) is 5.54. The fourth-order valence-electron chi connectivity index (χ4n) is 1.58. The predicted molar refractivity (Wildman–Crippen MR) is 68.1 cm³/mol. The van der Waals surface area contributed by atoms with Crippen LogP contribution in [0, 0.1) is 18.6 Å². The van der Waals surface area contributed by atoms with Crippen molar-refractivity contribution in [3.8, 4) is 0 Å². The molecule has 0 fully saturated rings. The molecule has 0 aliphatic rings. The van der Waals surface area contributed by atoms with E-state index < -0.39 is 26.6 Å². The number of nitrogens with two attached hydrogens (primary N) is 1. The molecule has 4 N–H and O–H groups in total. The highest BCUT2D eigenvalue weighted by molar-refractivity contribution is 7.89. The van der Waals surface area contributed by atoms with Crippen LogP contribution in [-0.4, -0.2) is 18.6 Å². The van der Waals surface area contributed by atoms with Crippen LogP contribution in [0.4, 0.5) is 14.5 Å². The minimum absolute atomic E-state index is 0.0967. The minimum atomic E-state index is -4.22. The summed E-state index contributed by atoms with van der Waals surface area (Å²) in [6, 6.07) is 1.58. The molecular weight excluding hydrogens is 290 g/mol. The van der Waals surface area contributed by atoms with Crippen molar-refractivity contribution in [2.24, 2.45) is 0 Å². The number of nitrogens with zero attached hydrogens (tertiary/aromatic N) is 1. The molecule has 0 spiro atoms. The number of H-pyrrole nitrogens is 1. The topological polar surface area (TPSA) is 101 Å². The molecule has 0 amide bonds. The van der Waals surface area contributed by atoms with E-state index in [2.05, 4.69) is 14.9 Å². The Hall–Kier alpha value is -2.00. The molecule has 2 rings (SSSR count). The van der Waals surface area contributed by atoms with Crippen molar-refractivity contribution in [3.05, 3.63) is 41.2 Å². The number of aryl methyl sites for hydroxylation is 1. The van der Waals surface area contributed by atoms with Gasteiger partial charge in [0.25, 0.3) is 0 Å². The van der Waals surface area contributed by atoms with E-state index in [0.717, 1.165) is 6.07 Å². The van der Waals surface area contributed by atoms with Crippen LogP contribution < -0.4 is 10.5 Å². The van der Waals surface area contributed by atoms with Gasteiger partial charge >= 0.3 is 0 Å². The molecule has 0 bridgehead atoms. The van der Waals surface area contributed by atoms with Crippen LogP contribution in [0.2, 0.25) is 0 Å². The lowest BCUT2D eigenvalue weighted by molar-refractivity contribution is 0.484. The van der Waals surface area contributed by atoms with Crippen molar-refractivity contribution in [1.82, 2.24) is 14.9 Å². The second-order valence-electron chi connectivity index (χ2n) is 4.16. The number of nitrogen functional groups attached to an aromatic ring is 1. The van der Waals surface area contributed by atoms with Gasteiger partial charge < -0.3 is 5.73 Å². The maximum atomic E-state index is 13.6. The van der Waals surface area contributed by atoms with Gasteiger partial charge in [0.2, 0.25) is 10.0 Å². The predicted octanol–water partition coefficient (Wildman–Crippen LogP) is 1.06. The van der Waals surface area contributed by atoms with Gasteiger partial charge in [-0.15, -0.1) is 0 Å². The Bertz CT molecular complexity index is 743. The molecule has 0 atom stereocenters. The molecule has 1 aromatic heterocycles. The van der Waals surface area contributed by atoms with E-state index in [9.17, 15) is 17.2 Å². The van der Waals surface area contributed by atoms with Crippen molar-refractivity contribution in [2.75, 3.05) is 5.73 Å². The Balaban J connectivity index is 2.29. The van der Waals surface area contributed by atoms with Gasteiger partial charge in [-0.05, 0) is 19.1 Å². The zero-order valence-electron chi connectivity index (χ0n) is 10.4. The molecule has 20 heavy (non-hydrogen) atoms. The van der Waals surface area contributed by atoms with Crippen molar-refractivity contribution in [2.45, 2.75) is 18.4 Å². The highest BCUT2D eigenvalue weighted by atomic mass is 32.2. The Labute approximate surface area is 114 Å². The summed E-state index contributed by atoms with van der Waals surface area (Å²) in [5.74, 6) is -2.78. The lowest BCUT2D eigenvalue weighted by atomic mass is 10.3. The van der Waals surface area contributed by atoms with Gasteiger partial charge in [-0.2, -0.15) is 5.10 Å². The summed E-state index contributed by atoms with van der Waals surface area (Å²) in [5, 5.41) is 6.36. The van der Waals surface area contributed by atoms with Crippen LogP contribution in [0.3, 0.4) is 0 Å². The van der Waals surface area contributed by atoms with Crippen molar-refractivity contribution < 1.29 is 17.2 Å². The highest BCUT2D eigenvalue weighted by Crippen LogP contribution is 2.21. The number of anilines is 1. The van der Waals surface area contributed by atoms with Crippen LogP contribution in [0.5, 0.6) is 0 Å². The maximum absolute atomic E-state index is 13.6. The van der Waals surface area contributed by atoms with Gasteiger partial charge in [-0.3, -0.25) is 5.10 Å². The molecule has 108 valence electrons. The summed E-state index contributed by atoms with van der Waals surface area (Å²) in [4.78, 5) is -0.823. The fourth-order valence-corrected chi connectivity index (χ4v) is 2.71. The molecule has 1 aromatic carbocycles. The summed E-state index contributed by atoms with van der Waals surface area (Å²) in [5.41, 5.74) is 6.42. The Kier molecular flexibility index (Phi) is 3.73. The van der Waals surface area contributed by atoms with Crippen molar-refractivity contribution in [1.29, 1.82) is 0 Å². The molecule has 6 nitrogen and oxygen atoms in total. The van der Waals surface area contributed by atoms with Crippen molar-refractivity contribution >= 4 is 15.7 Å². The molecule has 0 unspecified atom stereocenters. The maximum Gasteiger partial charge on any atom is 0.243 e. The average molecular weight is 302 g/mol. The average Bonchev–Trinajstić information content (AvgIpc) is 2.77. The number of halogens is 2. The zero-order chi connectivity index (χ0) is 14.9. The molecule has 0 aliphatic carbocycles. The number of nitrogens with one attached hydrogen (secondary N) is 2. The Morgan fingerprint density at radius 1 is 1.40 bits per heavy atom. The third kappa shape index (κ3) is 2.78. The van der Waals surface area contributed by atoms with Crippen LogP contribution in [0.1, 0.15) is 11.3 Å². The summed E-state index contributed by atoms with van der Waals surface area (Å²) >= 11 is 0. The van der Waals surface area contributed by atoms with Crippen LogP contribution >= 0.6 is 0 Å². The normalized spacial score (nSPS) is 11.8. The van der Waals surface area contributed by atoms with Crippen molar-refractivity contribution in [3.63, 3.8) is 0 Å². The number of rotatable bonds is 4. The van der Waals surface area contributed by atoms with E-state index in [-0.39, 0.29) is 12.2 Å². The number of aromatic amines is 1. The standard InChI is InChI=1S/C11H12F2N4O2S/c1-6-7(4-15-17-6)5-16-20(18,19)10-3-8(14)2-9(12)11(10)13/h2-4,16H,5,14H2,1H3,(H,15,17). The molecule has 0 saturated heterocycles. The van der Waals surface area contributed by atoms with Gasteiger partial charge in [0, 0.05) is 23.5 Å². The van der Waals surface area contributed by atoms with E-state index in [0.29, 0.717) is 17.3 Å². The fraction of sp³-hybridized carbons (Fsp3) is 0.182. The SMILES string of the molecule is Cc1[nH]ncc1CNS(=O)(=O)c1cc(N)cc(F)c1F. The molecule has 0 aliphatic heterocycles. The Morgan fingerprint density at radius 2 is 2.10 bits per heavy atom.